The van der Waals surface area contributed by atoms with Crippen LogP contribution in [-0.2, 0) is 6.54 Å². The number of nitrogens with one attached hydrogen (secondary N) is 2. The van der Waals surface area contributed by atoms with Crippen molar-refractivity contribution in [1.82, 2.24) is 24.3 Å². The van der Waals surface area contributed by atoms with Crippen molar-refractivity contribution in [2.24, 2.45) is 0 Å². The first-order valence-corrected chi connectivity index (χ1v) is 14.3. The zero-order valence-corrected chi connectivity index (χ0v) is 24.3. The quantitative estimate of drug-likeness (QED) is 0.195. The fourth-order valence-electron chi connectivity index (χ4n) is 5.07. The molecule has 0 spiro atoms. The number of aromatic nitrogens is 5. The molecule has 214 valence electrons. The Bertz CT molecular complexity index is 1710. The number of hydrogen-bond acceptors (Lipinski definition) is 6. The first kappa shape index (κ1) is 27.3. The highest BCUT2D eigenvalue weighted by atomic mass is 16.5. The van der Waals surface area contributed by atoms with Crippen molar-refractivity contribution >= 4 is 17.3 Å². The standard InChI is InChI=1S/C33H35N7O2/c1-21(2)40-20-36-38-32(40)25-6-5-7-26(15-25)37-33(41)28-16-31(39-18-30(35-19-39)24-10-11-24)22(3)14-29(28)34-17-23-8-12-27(42-4)13-9-23/h5-9,12-16,18-21,24,34H,10-11,17H2,1-4H3,(H,37,41). The monoisotopic (exact) mass is 561 g/mol. The molecule has 0 aliphatic heterocycles. The lowest BCUT2D eigenvalue weighted by Gasteiger charge is -2.17. The van der Waals surface area contributed by atoms with Gasteiger partial charge in [0.15, 0.2) is 5.82 Å². The van der Waals surface area contributed by atoms with E-state index >= 15 is 0 Å². The van der Waals surface area contributed by atoms with Gasteiger partial charge in [-0.2, -0.15) is 0 Å². The highest BCUT2D eigenvalue weighted by Crippen LogP contribution is 2.39. The molecule has 6 rings (SSSR count). The first-order valence-electron chi connectivity index (χ1n) is 14.3. The largest absolute Gasteiger partial charge is 0.497 e. The Morgan fingerprint density at radius 1 is 1.07 bits per heavy atom. The topological polar surface area (TPSA) is 98.9 Å². The third kappa shape index (κ3) is 5.76. The smallest absolute Gasteiger partial charge is 0.257 e. The molecule has 1 aliphatic rings. The Balaban J connectivity index is 1.31. The summed E-state index contributed by atoms with van der Waals surface area (Å²) in [6, 6.07) is 19.8. The molecule has 1 saturated carbocycles. The van der Waals surface area contributed by atoms with Gasteiger partial charge in [-0.1, -0.05) is 24.3 Å². The van der Waals surface area contributed by atoms with Crippen molar-refractivity contribution in [2.75, 3.05) is 17.7 Å². The molecule has 3 aromatic carbocycles. The lowest BCUT2D eigenvalue weighted by molar-refractivity contribution is 0.102. The Morgan fingerprint density at radius 2 is 1.88 bits per heavy atom. The van der Waals surface area contributed by atoms with Crippen LogP contribution in [0, 0.1) is 6.92 Å². The summed E-state index contributed by atoms with van der Waals surface area (Å²) < 4.78 is 9.32. The number of carbonyl (C=O) groups is 1. The number of hydrogen-bond donors (Lipinski definition) is 2. The second-order valence-corrected chi connectivity index (χ2v) is 11.1. The number of amides is 1. The molecule has 42 heavy (non-hydrogen) atoms. The number of carbonyl (C=O) groups excluding carboxylic acids is 1. The van der Waals surface area contributed by atoms with E-state index in [4.69, 9.17) is 4.74 Å². The van der Waals surface area contributed by atoms with Gasteiger partial charge in [0.25, 0.3) is 5.91 Å². The van der Waals surface area contributed by atoms with Crippen LogP contribution in [0.4, 0.5) is 11.4 Å². The minimum Gasteiger partial charge on any atom is -0.497 e. The SMILES string of the molecule is COc1ccc(CNc2cc(C)c(-n3cnc(C4CC4)c3)cc2C(=O)Nc2cccc(-c3nncn3C(C)C)c2)cc1. The van der Waals surface area contributed by atoms with Gasteiger partial charge in [0, 0.05) is 41.6 Å². The molecule has 2 heterocycles. The van der Waals surface area contributed by atoms with Crippen LogP contribution in [-0.4, -0.2) is 37.3 Å². The third-order valence-corrected chi connectivity index (χ3v) is 7.61. The van der Waals surface area contributed by atoms with Crippen LogP contribution in [0.5, 0.6) is 5.75 Å². The summed E-state index contributed by atoms with van der Waals surface area (Å²) in [4.78, 5) is 18.5. The number of ether oxygens (including phenoxy) is 1. The van der Waals surface area contributed by atoms with Crippen LogP contribution in [0.1, 0.15) is 65.8 Å². The number of aryl methyl sites for hydroxylation is 1. The Morgan fingerprint density at radius 3 is 2.62 bits per heavy atom. The van der Waals surface area contributed by atoms with Gasteiger partial charge in [0.2, 0.25) is 0 Å². The maximum absolute atomic E-state index is 13.9. The van der Waals surface area contributed by atoms with Gasteiger partial charge in [0.05, 0.1) is 30.4 Å². The van der Waals surface area contributed by atoms with Crippen molar-refractivity contribution in [2.45, 2.75) is 52.1 Å². The number of imidazole rings is 1. The predicted octanol–water partition coefficient (Wildman–Crippen LogP) is 6.77. The second kappa shape index (κ2) is 11.5. The van der Waals surface area contributed by atoms with E-state index in [2.05, 4.69) is 52.8 Å². The van der Waals surface area contributed by atoms with Crippen LogP contribution in [0.2, 0.25) is 0 Å². The van der Waals surface area contributed by atoms with Gasteiger partial charge in [-0.3, -0.25) is 4.79 Å². The van der Waals surface area contributed by atoms with Crippen molar-refractivity contribution < 1.29 is 9.53 Å². The molecule has 0 radical (unpaired) electrons. The number of rotatable bonds is 10. The molecule has 0 saturated heterocycles. The van der Waals surface area contributed by atoms with E-state index in [1.54, 1.807) is 13.4 Å². The van der Waals surface area contributed by atoms with Crippen LogP contribution in [0.15, 0.2) is 79.5 Å². The van der Waals surface area contributed by atoms with E-state index in [1.165, 1.54) is 12.8 Å². The maximum atomic E-state index is 13.9. The highest BCUT2D eigenvalue weighted by Gasteiger charge is 2.26. The molecule has 0 unspecified atom stereocenters. The predicted molar refractivity (Wildman–Crippen MR) is 164 cm³/mol. The van der Waals surface area contributed by atoms with Gasteiger partial charge in [-0.25, -0.2) is 4.98 Å². The van der Waals surface area contributed by atoms with Crippen molar-refractivity contribution in [1.29, 1.82) is 0 Å². The molecule has 1 amide bonds. The fraction of sp³-hybridized carbons (Fsp3) is 0.273. The molecule has 9 nitrogen and oxygen atoms in total. The molecule has 2 aromatic heterocycles. The van der Waals surface area contributed by atoms with Crippen molar-refractivity contribution in [3.05, 3.63) is 102 Å². The first-order chi connectivity index (χ1) is 20.4. The van der Waals surface area contributed by atoms with E-state index in [0.29, 0.717) is 23.7 Å². The van der Waals surface area contributed by atoms with E-state index in [9.17, 15) is 4.79 Å². The van der Waals surface area contributed by atoms with Gasteiger partial charge in [0.1, 0.15) is 12.1 Å². The van der Waals surface area contributed by atoms with Gasteiger partial charge >= 0.3 is 0 Å². The van der Waals surface area contributed by atoms with Gasteiger partial charge in [-0.05, 0) is 81.1 Å². The summed E-state index contributed by atoms with van der Waals surface area (Å²) in [5, 5.41) is 15.0. The van der Waals surface area contributed by atoms with E-state index in [1.807, 2.05) is 76.1 Å². The summed E-state index contributed by atoms with van der Waals surface area (Å²) in [6.45, 7) is 6.78. The maximum Gasteiger partial charge on any atom is 0.257 e. The summed E-state index contributed by atoms with van der Waals surface area (Å²) in [5.74, 6) is 1.90. The van der Waals surface area contributed by atoms with E-state index in [-0.39, 0.29) is 11.9 Å². The lowest BCUT2D eigenvalue weighted by atomic mass is 10.0. The summed E-state index contributed by atoms with van der Waals surface area (Å²) in [7, 11) is 1.65. The number of methoxy groups -OCH3 is 1. The fourth-order valence-corrected chi connectivity index (χ4v) is 5.07. The van der Waals surface area contributed by atoms with E-state index < -0.39 is 0 Å². The zero-order chi connectivity index (χ0) is 29.2. The number of anilines is 2. The highest BCUT2D eigenvalue weighted by molar-refractivity contribution is 6.08. The van der Waals surface area contributed by atoms with Gasteiger partial charge < -0.3 is 24.5 Å². The molecule has 9 heteroatoms. The third-order valence-electron chi connectivity index (χ3n) is 7.61. The normalized spacial score (nSPS) is 12.9. The average molecular weight is 562 g/mol. The van der Waals surface area contributed by atoms with Gasteiger partial charge in [-0.15, -0.1) is 10.2 Å². The molecule has 0 bridgehead atoms. The second-order valence-electron chi connectivity index (χ2n) is 11.1. The minimum atomic E-state index is -0.210. The molecular formula is C33H35N7O2. The summed E-state index contributed by atoms with van der Waals surface area (Å²) in [5.41, 5.74) is 7.00. The number of benzene rings is 3. The van der Waals surface area contributed by atoms with Crippen LogP contribution >= 0.6 is 0 Å². The van der Waals surface area contributed by atoms with Crippen LogP contribution in [0.25, 0.3) is 17.1 Å². The molecule has 1 fully saturated rings. The molecule has 1 aliphatic carbocycles. The summed E-state index contributed by atoms with van der Waals surface area (Å²) >= 11 is 0. The Kier molecular flexibility index (Phi) is 7.48. The van der Waals surface area contributed by atoms with Crippen LogP contribution < -0.4 is 15.4 Å². The van der Waals surface area contributed by atoms with E-state index in [0.717, 1.165) is 45.3 Å². The van der Waals surface area contributed by atoms with Crippen molar-refractivity contribution in [3.63, 3.8) is 0 Å². The van der Waals surface area contributed by atoms with Crippen molar-refractivity contribution in [3.8, 4) is 22.8 Å². The molecular weight excluding hydrogens is 526 g/mol. The Labute approximate surface area is 245 Å². The molecule has 5 aromatic rings. The average Bonchev–Trinajstić information content (AvgIpc) is 3.51. The van der Waals surface area contributed by atoms with Crippen LogP contribution in [0.3, 0.4) is 0 Å². The summed E-state index contributed by atoms with van der Waals surface area (Å²) in [6.07, 6.45) is 8.02. The number of nitrogens with zero attached hydrogens (tertiary/aromatic N) is 5. The lowest BCUT2D eigenvalue weighted by Crippen LogP contribution is -2.16. The zero-order valence-electron chi connectivity index (χ0n) is 24.3. The molecule has 0 atom stereocenters. The minimum absolute atomic E-state index is 0.210. The molecule has 2 N–H and O–H groups in total. The Hall–Kier alpha value is -4.92.